The van der Waals surface area contributed by atoms with Gasteiger partial charge in [-0.25, -0.2) is 4.68 Å². The fraction of sp³-hybridized carbons (Fsp3) is 0.727. The first-order valence-electron chi connectivity index (χ1n) is 6.22. The average Bonchev–Trinajstić information content (AvgIpc) is 2.62. The molecule has 7 nitrogen and oxygen atoms in total. The highest BCUT2D eigenvalue weighted by atomic mass is 16.6. The van der Waals surface area contributed by atoms with E-state index in [2.05, 4.69) is 15.7 Å². The summed E-state index contributed by atoms with van der Waals surface area (Å²) in [4.78, 5) is 10.6. The number of nitrogens with one attached hydrogen (secondary N) is 2. The summed E-state index contributed by atoms with van der Waals surface area (Å²) in [5.41, 5.74) is 0.535. The zero-order valence-electron chi connectivity index (χ0n) is 10.8. The number of hydrogen-bond donors (Lipinski definition) is 2. The second-order valence-corrected chi connectivity index (χ2v) is 4.76. The van der Waals surface area contributed by atoms with Crippen LogP contribution in [0, 0.1) is 23.0 Å². The molecule has 1 saturated heterocycles. The number of anilines is 1. The van der Waals surface area contributed by atoms with Crippen LogP contribution in [-0.2, 0) is 7.05 Å². The molecule has 100 valence electrons. The monoisotopic (exact) mass is 253 g/mol. The average molecular weight is 253 g/mol. The standard InChI is InChI=1S/C11H19N5O2/c1-8-10(16(17)18)11(15(2)14-8)13-7-9-4-3-5-12-6-9/h9,12-13H,3-7H2,1-2H3. The van der Waals surface area contributed by atoms with Gasteiger partial charge in [0.25, 0.3) is 0 Å². The Morgan fingerprint density at radius 1 is 1.67 bits per heavy atom. The molecular weight excluding hydrogens is 234 g/mol. The van der Waals surface area contributed by atoms with Crippen molar-refractivity contribution >= 4 is 11.5 Å². The molecule has 2 N–H and O–H groups in total. The van der Waals surface area contributed by atoms with E-state index in [4.69, 9.17) is 0 Å². The summed E-state index contributed by atoms with van der Waals surface area (Å²) in [6.07, 6.45) is 2.32. The molecular formula is C11H19N5O2. The van der Waals surface area contributed by atoms with Crippen LogP contribution >= 0.6 is 0 Å². The molecule has 1 aliphatic rings. The summed E-state index contributed by atoms with van der Waals surface area (Å²) in [6, 6.07) is 0. The molecule has 7 heteroatoms. The molecule has 1 atom stereocenters. The summed E-state index contributed by atoms with van der Waals surface area (Å²) in [5, 5.41) is 21.6. The third-order valence-corrected chi connectivity index (χ3v) is 3.33. The van der Waals surface area contributed by atoms with Gasteiger partial charge in [-0.15, -0.1) is 0 Å². The van der Waals surface area contributed by atoms with E-state index >= 15 is 0 Å². The van der Waals surface area contributed by atoms with Crippen LogP contribution < -0.4 is 10.6 Å². The van der Waals surface area contributed by atoms with Gasteiger partial charge in [0.05, 0.1) is 4.92 Å². The molecule has 0 amide bonds. The summed E-state index contributed by atoms with van der Waals surface area (Å²) in [7, 11) is 1.72. The predicted octanol–water partition coefficient (Wildman–Crippen LogP) is 1.05. The van der Waals surface area contributed by atoms with Gasteiger partial charge in [-0.2, -0.15) is 5.10 Å². The van der Waals surface area contributed by atoms with Crippen molar-refractivity contribution in [3.8, 4) is 0 Å². The van der Waals surface area contributed by atoms with Crippen molar-refractivity contribution in [2.45, 2.75) is 19.8 Å². The SMILES string of the molecule is Cc1nn(C)c(NCC2CCCNC2)c1[N+](=O)[O-]. The van der Waals surface area contributed by atoms with Gasteiger partial charge in [0, 0.05) is 13.6 Å². The Morgan fingerprint density at radius 3 is 3.06 bits per heavy atom. The first kappa shape index (κ1) is 12.8. The third kappa shape index (κ3) is 2.61. The smallest absolute Gasteiger partial charge is 0.333 e. The van der Waals surface area contributed by atoms with Gasteiger partial charge in [0.2, 0.25) is 5.82 Å². The molecule has 2 heterocycles. The van der Waals surface area contributed by atoms with Crippen molar-refractivity contribution in [2.75, 3.05) is 25.0 Å². The number of piperidine rings is 1. The number of aryl methyl sites for hydroxylation is 2. The Labute approximate surface area is 106 Å². The van der Waals surface area contributed by atoms with Gasteiger partial charge in [-0.3, -0.25) is 10.1 Å². The van der Waals surface area contributed by atoms with Gasteiger partial charge < -0.3 is 10.6 Å². The molecule has 0 aliphatic carbocycles. The van der Waals surface area contributed by atoms with E-state index in [1.54, 1.807) is 18.7 Å². The number of hydrogen-bond acceptors (Lipinski definition) is 5. The molecule has 0 bridgehead atoms. The summed E-state index contributed by atoms with van der Waals surface area (Å²) < 4.78 is 1.55. The molecule has 1 unspecified atom stereocenters. The van der Waals surface area contributed by atoms with Crippen LogP contribution in [0.4, 0.5) is 11.5 Å². The van der Waals surface area contributed by atoms with Crippen LogP contribution in [0.15, 0.2) is 0 Å². The van der Waals surface area contributed by atoms with Gasteiger partial charge in [0.1, 0.15) is 5.69 Å². The lowest BCUT2D eigenvalue weighted by Crippen LogP contribution is -2.33. The minimum Gasteiger partial charge on any atom is -0.364 e. The van der Waals surface area contributed by atoms with E-state index < -0.39 is 0 Å². The van der Waals surface area contributed by atoms with E-state index in [0.717, 1.165) is 26.1 Å². The van der Waals surface area contributed by atoms with Crippen molar-refractivity contribution in [1.82, 2.24) is 15.1 Å². The number of nitro groups is 1. The van der Waals surface area contributed by atoms with Crippen molar-refractivity contribution < 1.29 is 4.92 Å². The van der Waals surface area contributed by atoms with Gasteiger partial charge >= 0.3 is 5.69 Å². The number of rotatable bonds is 4. The Hall–Kier alpha value is -1.63. The van der Waals surface area contributed by atoms with Crippen molar-refractivity contribution in [1.29, 1.82) is 0 Å². The van der Waals surface area contributed by atoms with Crippen molar-refractivity contribution in [3.05, 3.63) is 15.8 Å². The second kappa shape index (κ2) is 5.34. The van der Waals surface area contributed by atoms with Crippen LogP contribution in [0.5, 0.6) is 0 Å². The molecule has 18 heavy (non-hydrogen) atoms. The van der Waals surface area contributed by atoms with E-state index in [0.29, 0.717) is 17.4 Å². The second-order valence-electron chi connectivity index (χ2n) is 4.76. The molecule has 1 aromatic heterocycles. The molecule has 0 aromatic carbocycles. The summed E-state index contributed by atoms with van der Waals surface area (Å²) in [5.74, 6) is 1.02. The van der Waals surface area contributed by atoms with Crippen LogP contribution in [0.2, 0.25) is 0 Å². The zero-order valence-corrected chi connectivity index (χ0v) is 10.8. The molecule has 1 aliphatic heterocycles. The van der Waals surface area contributed by atoms with E-state index in [9.17, 15) is 10.1 Å². The molecule has 1 fully saturated rings. The molecule has 2 rings (SSSR count). The van der Waals surface area contributed by atoms with Crippen molar-refractivity contribution in [3.63, 3.8) is 0 Å². The fourth-order valence-corrected chi connectivity index (χ4v) is 2.40. The summed E-state index contributed by atoms with van der Waals surface area (Å²) >= 11 is 0. The molecule has 0 saturated carbocycles. The highest BCUT2D eigenvalue weighted by Gasteiger charge is 2.24. The van der Waals surface area contributed by atoms with Crippen LogP contribution in [0.25, 0.3) is 0 Å². The largest absolute Gasteiger partial charge is 0.364 e. The van der Waals surface area contributed by atoms with E-state index in [-0.39, 0.29) is 10.6 Å². The lowest BCUT2D eigenvalue weighted by Gasteiger charge is -2.23. The first-order chi connectivity index (χ1) is 8.59. The summed E-state index contributed by atoms with van der Waals surface area (Å²) in [6.45, 7) is 4.44. The topological polar surface area (TPSA) is 85.0 Å². The lowest BCUT2D eigenvalue weighted by atomic mass is 10.00. The van der Waals surface area contributed by atoms with Gasteiger partial charge in [-0.1, -0.05) is 0 Å². The maximum absolute atomic E-state index is 11.0. The van der Waals surface area contributed by atoms with Gasteiger partial charge in [0.15, 0.2) is 0 Å². The fourth-order valence-electron chi connectivity index (χ4n) is 2.40. The van der Waals surface area contributed by atoms with Crippen molar-refractivity contribution in [2.24, 2.45) is 13.0 Å². The Morgan fingerprint density at radius 2 is 2.44 bits per heavy atom. The first-order valence-corrected chi connectivity index (χ1v) is 6.22. The van der Waals surface area contributed by atoms with E-state index in [1.807, 2.05) is 0 Å². The molecule has 0 spiro atoms. The Bertz CT molecular complexity index is 437. The lowest BCUT2D eigenvalue weighted by molar-refractivity contribution is -0.384. The Kier molecular flexibility index (Phi) is 3.81. The quantitative estimate of drug-likeness (QED) is 0.619. The maximum Gasteiger partial charge on any atom is 0.333 e. The third-order valence-electron chi connectivity index (χ3n) is 3.33. The molecule has 0 radical (unpaired) electrons. The Balaban J connectivity index is 2.06. The van der Waals surface area contributed by atoms with E-state index in [1.165, 1.54) is 6.42 Å². The number of aromatic nitrogens is 2. The van der Waals surface area contributed by atoms with Crippen LogP contribution in [0.1, 0.15) is 18.5 Å². The van der Waals surface area contributed by atoms with Crippen LogP contribution in [0.3, 0.4) is 0 Å². The predicted molar refractivity (Wildman–Crippen MR) is 68.7 cm³/mol. The normalized spacial score (nSPS) is 19.8. The number of nitrogens with zero attached hydrogens (tertiary/aromatic N) is 3. The molecule has 1 aromatic rings. The minimum atomic E-state index is -0.371. The highest BCUT2D eigenvalue weighted by molar-refractivity contribution is 5.59. The zero-order chi connectivity index (χ0) is 13.1. The maximum atomic E-state index is 11.0. The minimum absolute atomic E-state index is 0.0845. The van der Waals surface area contributed by atoms with Crippen LogP contribution in [-0.4, -0.2) is 34.3 Å². The van der Waals surface area contributed by atoms with Gasteiger partial charge in [-0.05, 0) is 38.8 Å². The highest BCUT2D eigenvalue weighted by Crippen LogP contribution is 2.27.